The molecule has 2 rings (SSSR count). The molecule has 0 aliphatic rings. The molecule has 1 aromatic carbocycles. The molecule has 0 fully saturated rings. The number of rotatable bonds is 5. The Labute approximate surface area is 116 Å². The summed E-state index contributed by atoms with van der Waals surface area (Å²) in [4.78, 5) is 8.90. The standard InChI is InChI=1S/C14H16BrN3/c1-16-9-2-3-14-17-10-8-13(18-14)11-4-6-12(15)7-5-11/h4-8,10,16H,2-3,9H2,1H3. The van der Waals surface area contributed by atoms with Gasteiger partial charge in [0, 0.05) is 22.7 Å². The zero-order valence-corrected chi connectivity index (χ0v) is 11.9. The van der Waals surface area contributed by atoms with Crippen LogP contribution in [0.25, 0.3) is 11.3 Å². The van der Waals surface area contributed by atoms with Crippen molar-refractivity contribution in [2.75, 3.05) is 13.6 Å². The fraction of sp³-hybridized carbons (Fsp3) is 0.286. The molecule has 0 aliphatic heterocycles. The highest BCUT2D eigenvalue weighted by atomic mass is 79.9. The highest BCUT2D eigenvalue weighted by Crippen LogP contribution is 2.19. The Morgan fingerprint density at radius 1 is 1.17 bits per heavy atom. The first kappa shape index (κ1) is 13.2. The van der Waals surface area contributed by atoms with Crippen molar-refractivity contribution in [1.82, 2.24) is 15.3 Å². The molecule has 0 spiro atoms. The average molecular weight is 306 g/mol. The molecule has 0 saturated heterocycles. The minimum absolute atomic E-state index is 0.908. The smallest absolute Gasteiger partial charge is 0.128 e. The number of benzene rings is 1. The van der Waals surface area contributed by atoms with E-state index in [0.29, 0.717) is 0 Å². The van der Waals surface area contributed by atoms with Crippen LogP contribution in [0.4, 0.5) is 0 Å². The fourth-order valence-electron chi connectivity index (χ4n) is 1.72. The van der Waals surface area contributed by atoms with Crippen LogP contribution in [0.15, 0.2) is 41.0 Å². The van der Waals surface area contributed by atoms with Crippen molar-refractivity contribution in [2.45, 2.75) is 12.8 Å². The summed E-state index contributed by atoms with van der Waals surface area (Å²) in [5, 5.41) is 3.13. The van der Waals surface area contributed by atoms with Gasteiger partial charge in [-0.1, -0.05) is 28.1 Å². The van der Waals surface area contributed by atoms with E-state index in [9.17, 15) is 0 Å². The Bertz CT molecular complexity index is 497. The predicted molar refractivity (Wildman–Crippen MR) is 77.4 cm³/mol. The SMILES string of the molecule is CNCCCc1nccc(-c2ccc(Br)cc2)n1. The van der Waals surface area contributed by atoms with E-state index in [1.807, 2.05) is 31.4 Å². The van der Waals surface area contributed by atoms with Crippen molar-refractivity contribution in [3.63, 3.8) is 0 Å². The van der Waals surface area contributed by atoms with Gasteiger partial charge in [-0.2, -0.15) is 0 Å². The summed E-state index contributed by atoms with van der Waals surface area (Å²) in [5.74, 6) is 0.908. The zero-order valence-electron chi connectivity index (χ0n) is 10.4. The summed E-state index contributed by atoms with van der Waals surface area (Å²) in [6, 6.07) is 10.1. The Balaban J connectivity index is 2.13. The van der Waals surface area contributed by atoms with E-state index in [-0.39, 0.29) is 0 Å². The third-order valence-electron chi connectivity index (χ3n) is 2.67. The summed E-state index contributed by atoms with van der Waals surface area (Å²) in [6.45, 7) is 0.992. The second kappa shape index (κ2) is 6.61. The Hall–Kier alpha value is -1.26. The Morgan fingerprint density at radius 3 is 2.67 bits per heavy atom. The quantitative estimate of drug-likeness (QED) is 0.863. The molecule has 0 radical (unpaired) electrons. The maximum absolute atomic E-state index is 4.59. The van der Waals surface area contributed by atoms with Gasteiger partial charge in [0.1, 0.15) is 5.82 Å². The minimum atomic E-state index is 0.908. The molecule has 0 aliphatic carbocycles. The summed E-state index contributed by atoms with van der Waals surface area (Å²) in [7, 11) is 1.96. The molecule has 18 heavy (non-hydrogen) atoms. The van der Waals surface area contributed by atoms with Crippen molar-refractivity contribution in [3.8, 4) is 11.3 Å². The first-order chi connectivity index (χ1) is 8.79. The van der Waals surface area contributed by atoms with Gasteiger partial charge < -0.3 is 5.32 Å². The molecule has 1 N–H and O–H groups in total. The van der Waals surface area contributed by atoms with Crippen LogP contribution in [0.1, 0.15) is 12.2 Å². The number of hydrogen-bond donors (Lipinski definition) is 1. The number of aryl methyl sites for hydroxylation is 1. The van der Waals surface area contributed by atoms with E-state index in [4.69, 9.17) is 0 Å². The molecule has 4 heteroatoms. The summed E-state index contributed by atoms with van der Waals surface area (Å²) in [6.07, 6.45) is 3.80. The maximum atomic E-state index is 4.59. The lowest BCUT2D eigenvalue weighted by molar-refractivity contribution is 0.703. The van der Waals surface area contributed by atoms with Crippen LogP contribution in [-0.2, 0) is 6.42 Å². The largest absolute Gasteiger partial charge is 0.320 e. The molecule has 0 unspecified atom stereocenters. The lowest BCUT2D eigenvalue weighted by atomic mass is 10.1. The first-order valence-electron chi connectivity index (χ1n) is 6.02. The van der Waals surface area contributed by atoms with Crippen molar-refractivity contribution in [1.29, 1.82) is 0 Å². The number of nitrogens with zero attached hydrogens (tertiary/aromatic N) is 2. The Kier molecular flexibility index (Phi) is 4.84. The number of hydrogen-bond acceptors (Lipinski definition) is 3. The third kappa shape index (κ3) is 3.62. The van der Waals surface area contributed by atoms with Gasteiger partial charge in [-0.15, -0.1) is 0 Å². The van der Waals surface area contributed by atoms with Crippen LogP contribution in [0.5, 0.6) is 0 Å². The second-order valence-electron chi connectivity index (χ2n) is 4.07. The molecular weight excluding hydrogens is 290 g/mol. The molecule has 0 amide bonds. The topological polar surface area (TPSA) is 37.8 Å². The monoisotopic (exact) mass is 305 g/mol. The van der Waals surface area contributed by atoms with E-state index in [1.165, 1.54) is 0 Å². The van der Waals surface area contributed by atoms with Gasteiger partial charge in [0.25, 0.3) is 0 Å². The van der Waals surface area contributed by atoms with E-state index in [0.717, 1.165) is 40.9 Å². The van der Waals surface area contributed by atoms with Gasteiger partial charge in [-0.25, -0.2) is 9.97 Å². The summed E-state index contributed by atoms with van der Waals surface area (Å²) in [5.41, 5.74) is 2.10. The molecule has 2 aromatic rings. The minimum Gasteiger partial charge on any atom is -0.320 e. The molecule has 0 bridgehead atoms. The number of nitrogens with one attached hydrogen (secondary N) is 1. The molecule has 94 valence electrons. The molecular formula is C14H16BrN3. The van der Waals surface area contributed by atoms with Gasteiger partial charge in [-0.05, 0) is 38.2 Å². The number of aromatic nitrogens is 2. The van der Waals surface area contributed by atoms with Crippen molar-refractivity contribution < 1.29 is 0 Å². The third-order valence-corrected chi connectivity index (χ3v) is 3.20. The summed E-state index contributed by atoms with van der Waals surface area (Å²) < 4.78 is 1.08. The molecule has 1 heterocycles. The van der Waals surface area contributed by atoms with E-state index < -0.39 is 0 Å². The Morgan fingerprint density at radius 2 is 1.94 bits per heavy atom. The van der Waals surface area contributed by atoms with E-state index in [1.54, 1.807) is 0 Å². The van der Waals surface area contributed by atoms with Crippen LogP contribution >= 0.6 is 15.9 Å². The van der Waals surface area contributed by atoms with E-state index >= 15 is 0 Å². The van der Waals surface area contributed by atoms with Crippen LogP contribution in [0.2, 0.25) is 0 Å². The lowest BCUT2D eigenvalue weighted by Crippen LogP contribution is -2.09. The van der Waals surface area contributed by atoms with Crippen molar-refractivity contribution in [3.05, 3.63) is 46.8 Å². The lowest BCUT2D eigenvalue weighted by Gasteiger charge is -2.04. The summed E-state index contributed by atoms with van der Waals surface area (Å²) >= 11 is 3.43. The van der Waals surface area contributed by atoms with Gasteiger partial charge in [0.2, 0.25) is 0 Å². The number of halogens is 1. The van der Waals surface area contributed by atoms with Crippen molar-refractivity contribution in [2.24, 2.45) is 0 Å². The van der Waals surface area contributed by atoms with Crippen LogP contribution in [-0.4, -0.2) is 23.6 Å². The predicted octanol–water partition coefficient (Wildman–Crippen LogP) is 3.06. The highest BCUT2D eigenvalue weighted by molar-refractivity contribution is 9.10. The van der Waals surface area contributed by atoms with Gasteiger partial charge >= 0.3 is 0 Å². The average Bonchev–Trinajstić information content (AvgIpc) is 2.40. The van der Waals surface area contributed by atoms with Gasteiger partial charge in [0.05, 0.1) is 5.69 Å². The first-order valence-corrected chi connectivity index (χ1v) is 6.81. The van der Waals surface area contributed by atoms with Crippen LogP contribution in [0.3, 0.4) is 0 Å². The van der Waals surface area contributed by atoms with Crippen LogP contribution < -0.4 is 5.32 Å². The molecule has 0 saturated carbocycles. The van der Waals surface area contributed by atoms with Gasteiger partial charge in [0.15, 0.2) is 0 Å². The fourth-order valence-corrected chi connectivity index (χ4v) is 1.99. The maximum Gasteiger partial charge on any atom is 0.128 e. The molecule has 1 aromatic heterocycles. The van der Waals surface area contributed by atoms with E-state index in [2.05, 4.69) is 43.3 Å². The van der Waals surface area contributed by atoms with Crippen molar-refractivity contribution >= 4 is 15.9 Å². The molecule has 0 atom stereocenters. The van der Waals surface area contributed by atoms with Gasteiger partial charge in [-0.3, -0.25) is 0 Å². The highest BCUT2D eigenvalue weighted by Gasteiger charge is 2.02. The van der Waals surface area contributed by atoms with Crippen LogP contribution in [0, 0.1) is 0 Å². The zero-order chi connectivity index (χ0) is 12.8. The second-order valence-corrected chi connectivity index (χ2v) is 4.99. The normalized spacial score (nSPS) is 10.6. The molecule has 3 nitrogen and oxygen atoms in total.